The number of nitrogens with two attached hydrogens (primary N) is 1. The molecular formula is C31H43NO5SSi. The molecular weight excluding hydrogens is 526 g/mol. The van der Waals surface area contributed by atoms with Crippen molar-refractivity contribution in [1.82, 2.24) is 0 Å². The molecule has 2 saturated carbocycles. The minimum Gasteiger partial charge on any atom is -0.543 e. The van der Waals surface area contributed by atoms with Crippen molar-refractivity contribution >= 4 is 24.3 Å². The van der Waals surface area contributed by atoms with Crippen LogP contribution in [0.4, 0.5) is 0 Å². The number of aryl methyl sites for hydroxylation is 1. The van der Waals surface area contributed by atoms with Gasteiger partial charge in [0.1, 0.15) is 11.9 Å². The van der Waals surface area contributed by atoms with Crippen molar-refractivity contribution in [3.8, 4) is 5.75 Å². The largest absolute Gasteiger partial charge is 0.543 e. The van der Waals surface area contributed by atoms with E-state index in [1.807, 2.05) is 0 Å². The maximum absolute atomic E-state index is 13.1. The van der Waals surface area contributed by atoms with E-state index in [-0.39, 0.29) is 27.0 Å². The third kappa shape index (κ3) is 5.20. The second kappa shape index (κ2) is 9.74. The van der Waals surface area contributed by atoms with Gasteiger partial charge in [-0.3, -0.25) is 0 Å². The van der Waals surface area contributed by atoms with Crippen LogP contribution in [0.2, 0.25) is 18.1 Å². The first-order chi connectivity index (χ1) is 18.1. The smallest absolute Gasteiger partial charge is 0.338 e. The van der Waals surface area contributed by atoms with Gasteiger partial charge in [0.05, 0.1) is 10.5 Å². The summed E-state index contributed by atoms with van der Waals surface area (Å²) < 4.78 is 36.2. The van der Waals surface area contributed by atoms with Crippen molar-refractivity contribution < 1.29 is 22.4 Å². The number of hydrogen-bond donors (Lipinski definition) is 1. The highest BCUT2D eigenvalue weighted by Gasteiger charge is 2.56. The van der Waals surface area contributed by atoms with Gasteiger partial charge < -0.3 is 9.16 Å². The van der Waals surface area contributed by atoms with Gasteiger partial charge in [0.25, 0.3) is 0 Å². The van der Waals surface area contributed by atoms with E-state index in [0.29, 0.717) is 17.8 Å². The molecule has 0 saturated heterocycles. The standard InChI is InChI=1S/C31H43NO5SSi/c1-30(2,3)39(5,6)37-22-11-13-24-20(18-22)10-12-26-25(24)16-17-31(4)27(26)14-15-28(31)36-29(33)21-8-7-9-23(19-21)38(32,34)35/h7-9,11,13,18-19,25-28H,10,12,14-17H2,1-6H3,(H2,32,34,35)/t25?,26?,27?,28-,31-/m0/s1. The summed E-state index contributed by atoms with van der Waals surface area (Å²) in [5, 5.41) is 5.42. The van der Waals surface area contributed by atoms with E-state index in [4.69, 9.17) is 14.3 Å². The number of sulfonamides is 1. The van der Waals surface area contributed by atoms with Gasteiger partial charge in [-0.25, -0.2) is 18.4 Å². The molecule has 0 radical (unpaired) electrons. The SMILES string of the molecule is CC(C)(C)[Si](C)(C)Oc1ccc2c(c1)CCC1C2CC[C@@]2(C)C1CC[C@@H]2OC(=O)c1cccc(S(N)(=O)=O)c1. The Balaban J connectivity index is 1.31. The molecule has 2 aromatic carbocycles. The van der Waals surface area contributed by atoms with Crippen molar-refractivity contribution in [2.45, 2.75) is 101 Å². The molecule has 0 heterocycles. The first-order valence-corrected chi connectivity index (χ1v) is 18.7. The second-order valence-corrected chi connectivity index (χ2v) is 20.0. The fraction of sp³-hybridized carbons (Fsp3) is 0.581. The zero-order chi connectivity index (χ0) is 28.4. The van der Waals surface area contributed by atoms with Gasteiger partial charge in [-0.05, 0) is 116 Å². The molecule has 2 fully saturated rings. The number of esters is 1. The first-order valence-electron chi connectivity index (χ1n) is 14.3. The number of carbonyl (C=O) groups is 1. The lowest BCUT2D eigenvalue weighted by Gasteiger charge is -2.50. The Morgan fingerprint density at radius 2 is 1.79 bits per heavy atom. The van der Waals surface area contributed by atoms with Gasteiger partial charge in [0, 0.05) is 5.41 Å². The van der Waals surface area contributed by atoms with Crippen molar-refractivity contribution in [2.24, 2.45) is 22.4 Å². The van der Waals surface area contributed by atoms with E-state index in [2.05, 4.69) is 59.0 Å². The Kier molecular flexibility index (Phi) is 7.08. The average molecular weight is 570 g/mol. The molecule has 3 aliphatic carbocycles. The molecule has 0 bridgehead atoms. The summed E-state index contributed by atoms with van der Waals surface area (Å²) in [7, 11) is -5.78. The number of rotatable bonds is 5. The number of fused-ring (bicyclic) bond motifs is 5. The van der Waals surface area contributed by atoms with E-state index < -0.39 is 24.3 Å². The Bertz CT molecular complexity index is 1380. The molecule has 2 N–H and O–H groups in total. The van der Waals surface area contributed by atoms with Crippen LogP contribution in [0.1, 0.15) is 87.2 Å². The third-order valence-corrected chi connectivity index (χ3v) is 15.7. The summed E-state index contributed by atoms with van der Waals surface area (Å²) >= 11 is 0. The molecule has 39 heavy (non-hydrogen) atoms. The van der Waals surface area contributed by atoms with E-state index in [9.17, 15) is 13.2 Å². The lowest BCUT2D eigenvalue weighted by Crippen LogP contribution is -2.45. The van der Waals surface area contributed by atoms with E-state index in [1.54, 1.807) is 6.07 Å². The highest BCUT2D eigenvalue weighted by Crippen LogP contribution is 2.61. The fourth-order valence-electron chi connectivity index (χ4n) is 7.21. The summed E-state index contributed by atoms with van der Waals surface area (Å²) in [6.45, 7) is 13.7. The summed E-state index contributed by atoms with van der Waals surface area (Å²) in [5.74, 6) is 2.16. The van der Waals surface area contributed by atoms with E-state index in [0.717, 1.165) is 44.3 Å². The number of hydrogen-bond acceptors (Lipinski definition) is 5. The maximum Gasteiger partial charge on any atom is 0.338 e. The van der Waals surface area contributed by atoms with Crippen LogP contribution >= 0.6 is 0 Å². The third-order valence-electron chi connectivity index (χ3n) is 10.4. The van der Waals surface area contributed by atoms with Crippen molar-refractivity contribution in [1.29, 1.82) is 0 Å². The summed E-state index contributed by atoms with van der Waals surface area (Å²) in [5.41, 5.74) is 3.07. The van der Waals surface area contributed by atoms with Crippen LogP contribution in [0.15, 0.2) is 47.4 Å². The summed E-state index contributed by atoms with van der Waals surface area (Å²) in [6, 6.07) is 12.6. The quantitative estimate of drug-likeness (QED) is 0.316. The molecule has 5 atom stereocenters. The van der Waals surface area contributed by atoms with Crippen LogP contribution < -0.4 is 9.56 Å². The van der Waals surface area contributed by atoms with Crippen LogP contribution in [-0.4, -0.2) is 28.8 Å². The second-order valence-electron chi connectivity index (χ2n) is 13.7. The van der Waals surface area contributed by atoms with Gasteiger partial charge in [0.15, 0.2) is 0 Å². The normalized spacial score (nSPS) is 28.7. The van der Waals surface area contributed by atoms with Crippen LogP contribution in [0.3, 0.4) is 0 Å². The lowest BCUT2D eigenvalue weighted by molar-refractivity contribution is -0.0428. The Morgan fingerprint density at radius 3 is 2.49 bits per heavy atom. The van der Waals surface area contributed by atoms with Crippen molar-refractivity contribution in [2.75, 3.05) is 0 Å². The lowest BCUT2D eigenvalue weighted by atomic mass is 9.55. The molecule has 8 heteroatoms. The van der Waals surface area contributed by atoms with Crippen LogP contribution in [0.25, 0.3) is 0 Å². The zero-order valence-electron chi connectivity index (χ0n) is 24.1. The molecule has 0 aliphatic heterocycles. The van der Waals surface area contributed by atoms with Crippen LogP contribution in [-0.2, 0) is 21.2 Å². The number of primary sulfonamides is 1. The molecule has 0 spiro atoms. The monoisotopic (exact) mass is 569 g/mol. The first kappa shape index (κ1) is 28.4. The topological polar surface area (TPSA) is 95.7 Å². The molecule has 3 aliphatic rings. The Morgan fingerprint density at radius 1 is 1.05 bits per heavy atom. The van der Waals surface area contributed by atoms with Gasteiger partial charge in [0.2, 0.25) is 18.3 Å². The summed E-state index contributed by atoms with van der Waals surface area (Å²) in [4.78, 5) is 13.0. The molecule has 0 amide bonds. The van der Waals surface area contributed by atoms with Crippen LogP contribution in [0, 0.1) is 17.3 Å². The molecule has 212 valence electrons. The number of ether oxygens (including phenoxy) is 1. The van der Waals surface area contributed by atoms with Gasteiger partial charge in [-0.15, -0.1) is 0 Å². The average Bonchev–Trinajstić information content (AvgIpc) is 3.18. The van der Waals surface area contributed by atoms with E-state index >= 15 is 0 Å². The summed E-state index contributed by atoms with van der Waals surface area (Å²) in [6.07, 6.45) is 6.03. The molecule has 3 unspecified atom stereocenters. The minimum atomic E-state index is -3.89. The van der Waals surface area contributed by atoms with Gasteiger partial charge >= 0.3 is 5.97 Å². The maximum atomic E-state index is 13.1. The molecule has 0 aromatic heterocycles. The highest BCUT2D eigenvalue weighted by molar-refractivity contribution is 7.89. The number of carbonyl (C=O) groups excluding carboxylic acids is 1. The molecule has 6 nitrogen and oxygen atoms in total. The van der Waals surface area contributed by atoms with Gasteiger partial charge in [-0.1, -0.05) is 39.8 Å². The van der Waals surface area contributed by atoms with E-state index in [1.165, 1.54) is 29.3 Å². The molecule has 5 rings (SSSR count). The highest BCUT2D eigenvalue weighted by atomic mass is 32.2. The predicted octanol–water partition coefficient (Wildman–Crippen LogP) is 6.80. The Hall–Kier alpha value is -2.16. The predicted molar refractivity (Wildman–Crippen MR) is 156 cm³/mol. The Labute approximate surface area is 234 Å². The zero-order valence-corrected chi connectivity index (χ0v) is 25.9. The van der Waals surface area contributed by atoms with Crippen molar-refractivity contribution in [3.05, 3.63) is 59.2 Å². The fourth-order valence-corrected chi connectivity index (χ4v) is 8.79. The van der Waals surface area contributed by atoms with Crippen molar-refractivity contribution in [3.63, 3.8) is 0 Å². The number of benzene rings is 2. The van der Waals surface area contributed by atoms with Crippen LogP contribution in [0.5, 0.6) is 5.75 Å². The minimum absolute atomic E-state index is 0.0722. The molecule has 2 aromatic rings. The van der Waals surface area contributed by atoms with Gasteiger partial charge in [-0.2, -0.15) is 0 Å².